The summed E-state index contributed by atoms with van der Waals surface area (Å²) in [6.07, 6.45) is 5.72. The molecule has 8 heavy (non-hydrogen) atoms. The van der Waals surface area contributed by atoms with Crippen molar-refractivity contribution in [2.75, 3.05) is 0 Å². The first-order valence-electron chi connectivity index (χ1n) is 3.01. The molecule has 0 radical (unpaired) electrons. The van der Waals surface area contributed by atoms with E-state index in [1.54, 1.807) is 0 Å². The van der Waals surface area contributed by atoms with E-state index in [2.05, 4.69) is 6.92 Å². The second-order valence-corrected chi connectivity index (χ2v) is 1.78. The topological polar surface area (TPSA) is 23.9 Å². The summed E-state index contributed by atoms with van der Waals surface area (Å²) in [6.45, 7) is 4.02. The van der Waals surface area contributed by atoms with E-state index in [9.17, 15) is 0 Å². The molecule has 1 N–H and O–H groups in total. The Labute approximate surface area is 50.9 Å². The van der Waals surface area contributed by atoms with Crippen LogP contribution in [0.25, 0.3) is 0 Å². The van der Waals surface area contributed by atoms with Crippen LogP contribution in [0.3, 0.4) is 0 Å². The molecule has 0 aliphatic heterocycles. The Bertz CT molecular complexity index is 92.6. The quantitative estimate of drug-likeness (QED) is 0.541. The molecule has 0 spiro atoms. The van der Waals surface area contributed by atoms with Crippen LogP contribution in [0.2, 0.25) is 0 Å². The summed E-state index contributed by atoms with van der Waals surface area (Å²) in [4.78, 5) is 0. The summed E-state index contributed by atoms with van der Waals surface area (Å²) < 4.78 is 0. The van der Waals surface area contributed by atoms with Crippen LogP contribution in [0.15, 0.2) is 12.2 Å². The SMILES string of the molecule is C/C=C/C(=N)CCC. The lowest BCUT2D eigenvalue weighted by atomic mass is 10.2. The van der Waals surface area contributed by atoms with Crippen molar-refractivity contribution in [2.45, 2.75) is 26.7 Å². The second-order valence-electron chi connectivity index (χ2n) is 1.78. The maximum absolute atomic E-state index is 7.20. The van der Waals surface area contributed by atoms with Crippen molar-refractivity contribution in [3.05, 3.63) is 12.2 Å². The first-order chi connectivity index (χ1) is 3.81. The van der Waals surface area contributed by atoms with Gasteiger partial charge in [0.25, 0.3) is 0 Å². The molecular formula is C7H13N. The first-order valence-corrected chi connectivity index (χ1v) is 3.01. The normalized spacial score (nSPS) is 10.2. The molecule has 0 fully saturated rings. The first kappa shape index (κ1) is 7.41. The van der Waals surface area contributed by atoms with Gasteiger partial charge in [-0.2, -0.15) is 0 Å². The lowest BCUT2D eigenvalue weighted by molar-refractivity contribution is 0.990. The Morgan fingerprint density at radius 2 is 2.25 bits per heavy atom. The zero-order chi connectivity index (χ0) is 6.41. The third-order valence-electron chi connectivity index (χ3n) is 0.887. The predicted molar refractivity (Wildman–Crippen MR) is 37.4 cm³/mol. The Hall–Kier alpha value is -0.590. The molecule has 0 saturated carbocycles. The molecule has 0 aromatic heterocycles. The van der Waals surface area contributed by atoms with Crippen LogP contribution in [-0.4, -0.2) is 5.71 Å². The highest BCUT2D eigenvalue weighted by molar-refractivity contribution is 5.91. The van der Waals surface area contributed by atoms with Crippen LogP contribution in [0.5, 0.6) is 0 Å². The van der Waals surface area contributed by atoms with Crippen molar-refractivity contribution >= 4 is 5.71 Å². The van der Waals surface area contributed by atoms with Gasteiger partial charge in [-0.3, -0.25) is 0 Å². The van der Waals surface area contributed by atoms with Gasteiger partial charge in [-0.05, 0) is 19.4 Å². The molecular weight excluding hydrogens is 98.1 g/mol. The van der Waals surface area contributed by atoms with Gasteiger partial charge in [-0.15, -0.1) is 0 Å². The van der Waals surface area contributed by atoms with E-state index in [1.165, 1.54) is 0 Å². The van der Waals surface area contributed by atoms with Gasteiger partial charge in [0.05, 0.1) is 0 Å². The highest BCUT2D eigenvalue weighted by atomic mass is 14.4. The van der Waals surface area contributed by atoms with Crippen LogP contribution >= 0.6 is 0 Å². The van der Waals surface area contributed by atoms with Crippen molar-refractivity contribution < 1.29 is 0 Å². The molecule has 46 valence electrons. The molecule has 0 aromatic rings. The van der Waals surface area contributed by atoms with E-state index in [0.717, 1.165) is 18.6 Å². The fraction of sp³-hybridized carbons (Fsp3) is 0.571. The van der Waals surface area contributed by atoms with Gasteiger partial charge in [0.15, 0.2) is 0 Å². The van der Waals surface area contributed by atoms with Crippen LogP contribution in [0, 0.1) is 5.41 Å². The van der Waals surface area contributed by atoms with Crippen molar-refractivity contribution in [3.8, 4) is 0 Å². The zero-order valence-corrected chi connectivity index (χ0v) is 5.57. The van der Waals surface area contributed by atoms with E-state index in [4.69, 9.17) is 5.41 Å². The van der Waals surface area contributed by atoms with Gasteiger partial charge in [0.1, 0.15) is 0 Å². The van der Waals surface area contributed by atoms with Crippen LogP contribution in [0.1, 0.15) is 26.7 Å². The molecule has 0 rings (SSSR count). The van der Waals surface area contributed by atoms with E-state index < -0.39 is 0 Å². The van der Waals surface area contributed by atoms with Gasteiger partial charge in [0, 0.05) is 5.71 Å². The van der Waals surface area contributed by atoms with Crippen LogP contribution < -0.4 is 0 Å². The molecule has 0 atom stereocenters. The number of hydrogen-bond acceptors (Lipinski definition) is 1. The number of allylic oxidation sites excluding steroid dienone is 2. The number of hydrogen-bond donors (Lipinski definition) is 1. The van der Waals surface area contributed by atoms with Crippen LogP contribution in [-0.2, 0) is 0 Å². The monoisotopic (exact) mass is 111 g/mol. The largest absolute Gasteiger partial charge is 0.305 e. The summed E-state index contributed by atoms with van der Waals surface area (Å²) in [5.41, 5.74) is 0.731. The molecule has 0 heterocycles. The van der Waals surface area contributed by atoms with Crippen molar-refractivity contribution in [3.63, 3.8) is 0 Å². The number of nitrogens with one attached hydrogen (secondary N) is 1. The minimum atomic E-state index is 0.731. The number of rotatable bonds is 3. The third kappa shape index (κ3) is 3.59. The minimum Gasteiger partial charge on any atom is -0.305 e. The second kappa shape index (κ2) is 4.57. The van der Waals surface area contributed by atoms with Gasteiger partial charge in [-0.1, -0.05) is 19.4 Å². The van der Waals surface area contributed by atoms with Gasteiger partial charge in [0.2, 0.25) is 0 Å². The Kier molecular flexibility index (Phi) is 4.23. The summed E-state index contributed by atoms with van der Waals surface area (Å²) in [5, 5.41) is 7.20. The van der Waals surface area contributed by atoms with E-state index in [0.29, 0.717) is 0 Å². The molecule has 0 amide bonds. The minimum absolute atomic E-state index is 0.731. The third-order valence-corrected chi connectivity index (χ3v) is 0.887. The Morgan fingerprint density at radius 1 is 1.62 bits per heavy atom. The van der Waals surface area contributed by atoms with Gasteiger partial charge >= 0.3 is 0 Å². The lowest BCUT2D eigenvalue weighted by Gasteiger charge is -1.89. The maximum atomic E-state index is 7.20. The summed E-state index contributed by atoms with van der Waals surface area (Å²) in [7, 11) is 0. The highest BCUT2D eigenvalue weighted by Crippen LogP contribution is 1.89. The zero-order valence-electron chi connectivity index (χ0n) is 5.57. The lowest BCUT2D eigenvalue weighted by Crippen LogP contribution is -1.87. The molecule has 0 saturated heterocycles. The molecule has 0 bridgehead atoms. The average molecular weight is 111 g/mol. The van der Waals surface area contributed by atoms with Gasteiger partial charge < -0.3 is 5.41 Å². The predicted octanol–water partition coefficient (Wildman–Crippen LogP) is 2.38. The fourth-order valence-corrected chi connectivity index (χ4v) is 0.554. The molecule has 1 heteroatoms. The molecule has 0 aliphatic carbocycles. The van der Waals surface area contributed by atoms with Crippen molar-refractivity contribution in [1.82, 2.24) is 0 Å². The molecule has 1 nitrogen and oxygen atoms in total. The van der Waals surface area contributed by atoms with Crippen LogP contribution in [0.4, 0.5) is 0 Å². The summed E-state index contributed by atoms with van der Waals surface area (Å²) >= 11 is 0. The smallest absolute Gasteiger partial charge is 0.0310 e. The molecule has 0 unspecified atom stereocenters. The van der Waals surface area contributed by atoms with Crippen molar-refractivity contribution in [1.29, 1.82) is 5.41 Å². The van der Waals surface area contributed by atoms with E-state index >= 15 is 0 Å². The maximum Gasteiger partial charge on any atom is 0.0310 e. The summed E-state index contributed by atoms with van der Waals surface area (Å²) in [5.74, 6) is 0. The van der Waals surface area contributed by atoms with Crippen molar-refractivity contribution in [2.24, 2.45) is 0 Å². The average Bonchev–Trinajstić information content (AvgIpc) is 1.68. The molecule has 0 aromatic carbocycles. The Morgan fingerprint density at radius 3 is 2.62 bits per heavy atom. The Balaban J connectivity index is 3.33. The highest BCUT2D eigenvalue weighted by Gasteiger charge is 1.83. The summed E-state index contributed by atoms with van der Waals surface area (Å²) in [6, 6.07) is 0. The van der Waals surface area contributed by atoms with E-state index in [1.807, 2.05) is 19.1 Å². The fourth-order valence-electron chi connectivity index (χ4n) is 0.554. The van der Waals surface area contributed by atoms with Gasteiger partial charge in [-0.25, -0.2) is 0 Å². The van der Waals surface area contributed by atoms with E-state index in [-0.39, 0.29) is 0 Å². The standard InChI is InChI=1S/C7H13N/c1-3-5-7(8)6-4-2/h3,5,8H,4,6H2,1-2H3/b5-3+,8-7?. The molecule has 0 aliphatic rings.